The van der Waals surface area contributed by atoms with Gasteiger partial charge in [-0.1, -0.05) is 0 Å². The zero-order valence-corrected chi connectivity index (χ0v) is 16.1. The van der Waals surface area contributed by atoms with Crippen LogP contribution in [0.5, 0.6) is 5.75 Å². The molecule has 0 radical (unpaired) electrons. The third-order valence-corrected chi connectivity index (χ3v) is 6.08. The van der Waals surface area contributed by atoms with Gasteiger partial charge in [-0.3, -0.25) is 0 Å². The summed E-state index contributed by atoms with van der Waals surface area (Å²) in [4.78, 5) is 22.9. The smallest absolute Gasteiger partial charge is 0.421 e. The van der Waals surface area contributed by atoms with E-state index in [1.54, 1.807) is 22.5 Å². The number of fused-ring (bicyclic) bond motifs is 3. The summed E-state index contributed by atoms with van der Waals surface area (Å²) in [6.07, 6.45) is -2.65. The van der Waals surface area contributed by atoms with E-state index < -0.39 is 18.8 Å². The molecule has 0 spiro atoms. The number of carboxylic acid groups (broad SMARTS) is 1. The summed E-state index contributed by atoms with van der Waals surface area (Å²) in [5.41, 5.74) is 0.862. The third-order valence-electron chi connectivity index (χ3n) is 5.28. The third kappa shape index (κ3) is 3.03. The second kappa shape index (κ2) is 6.77. The van der Waals surface area contributed by atoms with Gasteiger partial charge in [-0.25, -0.2) is 4.98 Å². The highest BCUT2D eigenvalue weighted by Gasteiger charge is 2.46. The maximum Gasteiger partial charge on any atom is 0.421 e. The number of anilines is 1. The Kier molecular flexibility index (Phi) is 4.29. The number of aliphatic hydroxyl groups excluding tert-OH is 1. The summed E-state index contributed by atoms with van der Waals surface area (Å²) < 4.78 is 37.9. The Bertz CT molecular complexity index is 1090. The molecule has 3 aromatic rings. The topological polar surface area (TPSA) is 115 Å². The largest absolute Gasteiger partial charge is 0.530 e. The van der Waals surface area contributed by atoms with E-state index in [-0.39, 0.29) is 34.9 Å². The molecule has 3 fully saturated rings. The lowest BCUT2D eigenvalue weighted by atomic mass is 9.88. The molecule has 158 valence electrons. The standard InChI is InChI=1S/C18H16F2N4O5S/c19-18(20,8-25)29-12-2-1-11(15-21-3-4-30-15)14-13(12)22-16(28-14)23-6-9-5-10(7-23)24(9)17(26)27/h1-4,9-10,25H,5-8H2,(H,26,27)/p-1. The van der Waals surface area contributed by atoms with E-state index in [0.717, 1.165) is 6.42 Å². The Morgan fingerprint density at radius 3 is 2.80 bits per heavy atom. The van der Waals surface area contributed by atoms with Gasteiger partial charge in [0, 0.05) is 24.7 Å². The van der Waals surface area contributed by atoms with E-state index >= 15 is 0 Å². The molecule has 3 aliphatic rings. The molecule has 9 nitrogen and oxygen atoms in total. The van der Waals surface area contributed by atoms with Crippen molar-refractivity contribution in [3.8, 4) is 16.3 Å². The minimum Gasteiger partial charge on any atom is -0.530 e. The second-order valence-corrected chi connectivity index (χ2v) is 8.04. The van der Waals surface area contributed by atoms with E-state index in [1.165, 1.54) is 22.3 Å². The predicted molar refractivity (Wildman–Crippen MR) is 99.4 cm³/mol. The van der Waals surface area contributed by atoms with Gasteiger partial charge < -0.3 is 34.0 Å². The average molecular weight is 437 g/mol. The molecule has 0 aliphatic carbocycles. The number of carbonyl (C=O) groups excluding carboxylic acids is 1. The molecule has 1 N–H and O–H groups in total. The molecule has 12 heteroatoms. The first-order valence-corrected chi connectivity index (χ1v) is 9.99. The molecular formula is C18H15F2N4O5S-. The maximum atomic E-state index is 13.7. The molecule has 0 saturated carbocycles. The van der Waals surface area contributed by atoms with Gasteiger partial charge in [-0.2, -0.15) is 13.8 Å². The minimum atomic E-state index is -3.78. The van der Waals surface area contributed by atoms with Crippen LogP contribution in [0.25, 0.3) is 21.7 Å². The van der Waals surface area contributed by atoms with Gasteiger partial charge in [0.2, 0.25) is 0 Å². The molecule has 3 aliphatic heterocycles. The van der Waals surface area contributed by atoms with Crippen LogP contribution in [0.1, 0.15) is 6.42 Å². The first-order chi connectivity index (χ1) is 14.4. The molecule has 3 saturated heterocycles. The molecule has 2 aromatic heterocycles. The van der Waals surface area contributed by atoms with Crippen LogP contribution in [0.15, 0.2) is 28.1 Å². The highest BCUT2D eigenvalue weighted by molar-refractivity contribution is 7.13. The van der Waals surface area contributed by atoms with Gasteiger partial charge in [0.15, 0.2) is 16.8 Å². The number of ether oxygens (including phenoxy) is 1. The molecule has 2 atom stereocenters. The number of halogens is 2. The monoisotopic (exact) mass is 437 g/mol. The number of thiazole rings is 1. The number of carbonyl (C=O) groups is 1. The number of oxazole rings is 1. The van der Waals surface area contributed by atoms with Crippen molar-refractivity contribution in [2.45, 2.75) is 24.6 Å². The Balaban J connectivity index is 1.54. The van der Waals surface area contributed by atoms with Crippen molar-refractivity contribution in [2.75, 3.05) is 24.6 Å². The molecule has 2 unspecified atom stereocenters. The lowest BCUT2D eigenvalue weighted by molar-refractivity contribution is -0.278. The van der Waals surface area contributed by atoms with E-state index in [4.69, 9.17) is 9.52 Å². The number of piperazine rings is 1. The number of aromatic nitrogens is 2. The van der Waals surface area contributed by atoms with Crippen LogP contribution in [-0.2, 0) is 0 Å². The van der Waals surface area contributed by atoms with Crippen LogP contribution in [0.3, 0.4) is 0 Å². The van der Waals surface area contributed by atoms with Crippen LogP contribution in [0, 0.1) is 0 Å². The first-order valence-electron chi connectivity index (χ1n) is 9.11. The van der Waals surface area contributed by atoms with E-state index in [9.17, 15) is 18.7 Å². The van der Waals surface area contributed by atoms with Gasteiger partial charge in [0.25, 0.3) is 6.01 Å². The summed E-state index contributed by atoms with van der Waals surface area (Å²) in [5.74, 6) is -0.238. The molecule has 30 heavy (non-hydrogen) atoms. The summed E-state index contributed by atoms with van der Waals surface area (Å²) in [5, 5.41) is 22.4. The van der Waals surface area contributed by atoms with Crippen LogP contribution in [0.2, 0.25) is 0 Å². The summed E-state index contributed by atoms with van der Waals surface area (Å²) in [6.45, 7) is -0.776. The van der Waals surface area contributed by atoms with Crippen molar-refractivity contribution >= 4 is 34.5 Å². The zero-order valence-electron chi connectivity index (χ0n) is 15.3. The Morgan fingerprint density at radius 1 is 1.40 bits per heavy atom. The Hall–Kier alpha value is -2.99. The fourth-order valence-corrected chi connectivity index (χ4v) is 4.63. The van der Waals surface area contributed by atoms with E-state index in [0.29, 0.717) is 23.7 Å². The van der Waals surface area contributed by atoms with Crippen molar-refractivity contribution in [2.24, 2.45) is 0 Å². The minimum absolute atomic E-state index is 0.0711. The number of amides is 1. The molecule has 6 rings (SSSR count). The highest BCUT2D eigenvalue weighted by Crippen LogP contribution is 2.41. The van der Waals surface area contributed by atoms with Crippen LogP contribution < -0.4 is 14.7 Å². The normalized spacial score (nSPS) is 21.0. The van der Waals surface area contributed by atoms with Crippen molar-refractivity contribution < 1.29 is 32.9 Å². The van der Waals surface area contributed by atoms with Crippen LogP contribution >= 0.6 is 11.3 Å². The number of benzene rings is 1. The number of hydrogen-bond donors (Lipinski definition) is 1. The number of aliphatic hydroxyl groups is 1. The van der Waals surface area contributed by atoms with Gasteiger partial charge in [0.1, 0.15) is 17.7 Å². The number of alkyl halides is 2. The number of nitrogens with zero attached hydrogens (tertiary/aromatic N) is 4. The maximum absolute atomic E-state index is 13.7. The number of piperidine rings is 1. The fraction of sp³-hybridized carbons (Fsp3) is 0.389. The quantitative estimate of drug-likeness (QED) is 0.639. The van der Waals surface area contributed by atoms with Gasteiger partial charge >= 0.3 is 6.11 Å². The lowest BCUT2D eigenvalue weighted by Gasteiger charge is -2.57. The summed E-state index contributed by atoms with van der Waals surface area (Å²) in [6, 6.07) is 2.61. The number of rotatable bonds is 5. The van der Waals surface area contributed by atoms with Crippen molar-refractivity contribution in [1.29, 1.82) is 0 Å². The highest BCUT2D eigenvalue weighted by atomic mass is 32.1. The van der Waals surface area contributed by atoms with Gasteiger partial charge in [-0.15, -0.1) is 11.3 Å². The van der Waals surface area contributed by atoms with Gasteiger partial charge in [-0.05, 0) is 18.6 Å². The summed E-state index contributed by atoms with van der Waals surface area (Å²) in [7, 11) is 0. The SMILES string of the molecule is O=C([O-])N1C2CC1CN(c1nc3c(OC(F)(F)CO)ccc(-c4nccs4)c3o1)C2. The summed E-state index contributed by atoms with van der Waals surface area (Å²) >= 11 is 1.35. The lowest BCUT2D eigenvalue weighted by Crippen LogP contribution is -2.72. The molecule has 1 aromatic carbocycles. The average Bonchev–Trinajstić information content (AvgIpc) is 3.38. The Labute approximate surface area is 172 Å². The van der Waals surface area contributed by atoms with Crippen LogP contribution in [-0.4, -0.2) is 64.0 Å². The fourth-order valence-electron chi connectivity index (χ4n) is 3.97. The van der Waals surface area contributed by atoms with Gasteiger partial charge in [0.05, 0.1) is 17.6 Å². The van der Waals surface area contributed by atoms with E-state index in [1.807, 2.05) is 0 Å². The molecule has 1 amide bonds. The van der Waals surface area contributed by atoms with Crippen molar-refractivity contribution in [3.63, 3.8) is 0 Å². The van der Waals surface area contributed by atoms with Crippen molar-refractivity contribution in [1.82, 2.24) is 14.9 Å². The number of hydrogen-bond acceptors (Lipinski definition) is 9. The molecule has 5 heterocycles. The first kappa shape index (κ1) is 19.0. The predicted octanol–water partition coefficient (Wildman–Crippen LogP) is 1.52. The van der Waals surface area contributed by atoms with Crippen molar-refractivity contribution in [3.05, 3.63) is 23.7 Å². The Morgan fingerprint density at radius 2 is 2.17 bits per heavy atom. The van der Waals surface area contributed by atoms with Crippen LogP contribution in [0.4, 0.5) is 19.6 Å². The molecular weight excluding hydrogens is 422 g/mol. The second-order valence-electron chi connectivity index (χ2n) is 7.14. The van der Waals surface area contributed by atoms with E-state index in [2.05, 4.69) is 14.7 Å². The zero-order chi connectivity index (χ0) is 21.0. The molecule has 2 bridgehead atoms.